The summed E-state index contributed by atoms with van der Waals surface area (Å²) in [4.78, 5) is 0. The molecule has 0 fully saturated rings. The molecule has 4 heteroatoms. The second-order valence-corrected chi connectivity index (χ2v) is 3.33. The average molecular weight is 219 g/mol. The summed E-state index contributed by atoms with van der Waals surface area (Å²) >= 11 is 0. The van der Waals surface area contributed by atoms with E-state index >= 15 is 0 Å². The van der Waals surface area contributed by atoms with Crippen molar-refractivity contribution in [3.05, 3.63) is 0 Å². The van der Waals surface area contributed by atoms with Crippen LogP contribution >= 0.6 is 8.25 Å². The van der Waals surface area contributed by atoms with Crippen LogP contribution in [-0.4, -0.2) is 13.2 Å². The zero-order valence-corrected chi connectivity index (χ0v) is 10.2. The Morgan fingerprint density at radius 1 is 1.21 bits per heavy atom. The van der Waals surface area contributed by atoms with Crippen molar-refractivity contribution in [2.45, 2.75) is 40.0 Å². The highest BCUT2D eigenvalue weighted by atomic mass is 31.1. The lowest BCUT2D eigenvalue weighted by molar-refractivity contribution is 0.243. The van der Waals surface area contributed by atoms with Crippen molar-refractivity contribution in [2.75, 3.05) is 13.2 Å². The molecule has 0 N–H and O–H groups in total. The quantitative estimate of drug-likeness (QED) is 0.389. The van der Waals surface area contributed by atoms with Crippen LogP contribution in [0.5, 0.6) is 0 Å². The van der Waals surface area contributed by atoms with Crippen LogP contribution in [0.25, 0.3) is 0 Å². The molecule has 0 aromatic carbocycles. The maximum absolute atomic E-state index is 10.3. The Bertz CT molecular complexity index is 155. The molecule has 0 aromatic heterocycles. The Hall–Kier alpha value is -0.420. The average Bonchev–Trinajstić information content (AvgIpc) is 2.16. The highest BCUT2D eigenvalue weighted by molar-refractivity contribution is 7.33. The number of hydrogen-bond donors (Lipinski definition) is 0. The van der Waals surface area contributed by atoms with E-state index < -0.39 is 8.25 Å². The summed E-state index contributed by atoms with van der Waals surface area (Å²) in [6, 6.07) is 0. The molecule has 0 radical (unpaired) electrons. The van der Waals surface area contributed by atoms with Crippen LogP contribution in [0.4, 0.5) is 0 Å². The predicted molar refractivity (Wildman–Crippen MR) is 59.2 cm³/mol. The fourth-order valence-corrected chi connectivity index (χ4v) is 1.02. The molecule has 3 nitrogen and oxygen atoms in total. The van der Waals surface area contributed by atoms with Crippen LogP contribution in [0, 0.1) is 12.3 Å². The first kappa shape index (κ1) is 16.0. The van der Waals surface area contributed by atoms with Gasteiger partial charge in [0, 0.05) is 11.0 Å². The van der Waals surface area contributed by atoms with Gasteiger partial charge in [-0.3, -0.25) is 0 Å². The van der Waals surface area contributed by atoms with Gasteiger partial charge in [-0.05, 0) is 20.3 Å². The Kier molecular flexibility index (Phi) is 17.3. The van der Waals surface area contributed by atoms with Gasteiger partial charge >= 0.3 is 8.25 Å². The molecular formula is C10H20O3P+. The zero-order valence-electron chi connectivity index (χ0n) is 9.28. The van der Waals surface area contributed by atoms with E-state index in [-0.39, 0.29) is 0 Å². The highest BCUT2D eigenvalue weighted by Crippen LogP contribution is 2.21. The first-order valence-electron chi connectivity index (χ1n) is 4.89. The summed E-state index contributed by atoms with van der Waals surface area (Å²) in [5, 5.41) is 0. The zero-order chi connectivity index (χ0) is 11.2. The first-order valence-corrected chi connectivity index (χ1v) is 5.98. The van der Waals surface area contributed by atoms with Gasteiger partial charge in [0.05, 0.1) is 0 Å². The molecule has 0 spiro atoms. The van der Waals surface area contributed by atoms with Gasteiger partial charge in [-0.2, -0.15) is 0 Å². The number of terminal acetylenes is 1. The molecular weight excluding hydrogens is 199 g/mol. The summed E-state index contributed by atoms with van der Waals surface area (Å²) in [6.07, 6.45) is 8.30. The van der Waals surface area contributed by atoms with Crippen molar-refractivity contribution < 1.29 is 13.6 Å². The molecule has 82 valence electrons. The number of rotatable bonds is 6. The van der Waals surface area contributed by atoms with Gasteiger partial charge in [-0.15, -0.1) is 21.4 Å². The maximum Gasteiger partial charge on any atom is 0.697 e. The van der Waals surface area contributed by atoms with E-state index in [1.807, 2.05) is 0 Å². The van der Waals surface area contributed by atoms with Crippen molar-refractivity contribution >= 4 is 8.25 Å². The largest absolute Gasteiger partial charge is 0.697 e. The Morgan fingerprint density at radius 2 is 1.71 bits per heavy atom. The van der Waals surface area contributed by atoms with Crippen LogP contribution in [0.2, 0.25) is 0 Å². The predicted octanol–water partition coefficient (Wildman–Crippen LogP) is 3.53. The fraction of sp³-hybridized carbons (Fsp3) is 0.800. The van der Waals surface area contributed by atoms with Gasteiger partial charge in [-0.1, -0.05) is 13.3 Å². The molecule has 14 heavy (non-hydrogen) atoms. The van der Waals surface area contributed by atoms with Crippen LogP contribution < -0.4 is 0 Å². The molecule has 0 saturated carbocycles. The second kappa shape index (κ2) is 15.1. The van der Waals surface area contributed by atoms with Crippen molar-refractivity contribution in [3.8, 4) is 12.3 Å². The molecule has 0 bridgehead atoms. The molecule has 0 aliphatic heterocycles. The lowest BCUT2D eigenvalue weighted by atomic mass is 10.3. The third-order valence-electron chi connectivity index (χ3n) is 1.14. The van der Waals surface area contributed by atoms with Crippen molar-refractivity contribution in [1.29, 1.82) is 0 Å². The Labute approximate surface area is 88.1 Å². The summed E-state index contributed by atoms with van der Waals surface area (Å²) in [7, 11) is -1.83. The smallest absolute Gasteiger partial charge is 0.120 e. The molecule has 0 rings (SSSR count). The van der Waals surface area contributed by atoms with Gasteiger partial charge in [-0.25, -0.2) is 0 Å². The molecule has 0 aromatic rings. The van der Waals surface area contributed by atoms with E-state index in [0.29, 0.717) is 13.2 Å². The van der Waals surface area contributed by atoms with E-state index in [9.17, 15) is 4.57 Å². The van der Waals surface area contributed by atoms with Gasteiger partial charge < -0.3 is 0 Å². The third-order valence-corrected chi connectivity index (χ3v) is 2.08. The highest BCUT2D eigenvalue weighted by Gasteiger charge is 2.15. The second-order valence-electron chi connectivity index (χ2n) is 2.37. The Morgan fingerprint density at radius 3 is 1.93 bits per heavy atom. The summed E-state index contributed by atoms with van der Waals surface area (Å²) < 4.78 is 19.5. The summed E-state index contributed by atoms with van der Waals surface area (Å²) in [5.74, 6) is 2.57. The molecule has 0 unspecified atom stereocenters. The summed E-state index contributed by atoms with van der Waals surface area (Å²) in [6.45, 7) is 6.56. The van der Waals surface area contributed by atoms with Gasteiger partial charge in [0.1, 0.15) is 13.2 Å². The van der Waals surface area contributed by atoms with Crippen molar-refractivity contribution in [2.24, 2.45) is 0 Å². The lowest BCUT2D eigenvalue weighted by Crippen LogP contribution is -1.81. The monoisotopic (exact) mass is 219 g/mol. The molecule has 0 atom stereocenters. The van der Waals surface area contributed by atoms with Crippen molar-refractivity contribution in [1.82, 2.24) is 0 Å². The first-order chi connectivity index (χ1) is 6.72. The molecule has 0 aliphatic rings. The van der Waals surface area contributed by atoms with Gasteiger partial charge in [0.25, 0.3) is 0 Å². The van der Waals surface area contributed by atoms with Crippen LogP contribution in [0.1, 0.15) is 40.0 Å². The fourth-order valence-electron chi connectivity index (χ4n) is 0.527. The minimum Gasteiger partial charge on any atom is -0.120 e. The van der Waals surface area contributed by atoms with Crippen LogP contribution in [0.3, 0.4) is 0 Å². The summed E-state index contributed by atoms with van der Waals surface area (Å²) in [5.41, 5.74) is 0. The molecule has 0 amide bonds. The van der Waals surface area contributed by atoms with Crippen LogP contribution in [0.15, 0.2) is 0 Å². The van der Waals surface area contributed by atoms with Gasteiger partial charge in [0.2, 0.25) is 0 Å². The molecule has 0 saturated heterocycles. The van der Waals surface area contributed by atoms with Crippen LogP contribution in [-0.2, 0) is 13.6 Å². The van der Waals surface area contributed by atoms with Gasteiger partial charge in [0.15, 0.2) is 0 Å². The normalized spacial score (nSPS) is 8.43. The van der Waals surface area contributed by atoms with E-state index in [1.165, 1.54) is 12.8 Å². The van der Waals surface area contributed by atoms with E-state index in [1.54, 1.807) is 13.8 Å². The standard InChI is InChI=1S/C6H10.C4H10O3P/c1-3-5-6-4-2;1-3-6-8(5)7-4-2/h1H,4-6H2,2H3;3-4H2,1-2H3/q;+1. The SMILES string of the molecule is C#CCCCC.CCO[P+](=O)OCC. The number of hydrogen-bond acceptors (Lipinski definition) is 3. The van der Waals surface area contributed by atoms with E-state index in [2.05, 4.69) is 21.9 Å². The maximum atomic E-state index is 10.3. The topological polar surface area (TPSA) is 35.5 Å². The van der Waals surface area contributed by atoms with E-state index in [4.69, 9.17) is 6.42 Å². The number of unbranched alkanes of at least 4 members (excludes halogenated alkanes) is 2. The molecule has 0 aliphatic carbocycles. The molecule has 0 heterocycles. The Balaban J connectivity index is 0. The van der Waals surface area contributed by atoms with E-state index in [0.717, 1.165) is 6.42 Å². The lowest BCUT2D eigenvalue weighted by Gasteiger charge is -1.79. The minimum atomic E-state index is -1.83. The van der Waals surface area contributed by atoms with Crippen molar-refractivity contribution in [3.63, 3.8) is 0 Å². The third kappa shape index (κ3) is 17.6. The minimum absolute atomic E-state index is 0.440.